The van der Waals surface area contributed by atoms with Gasteiger partial charge in [-0.15, -0.1) is 0 Å². The fourth-order valence-corrected chi connectivity index (χ4v) is 3.14. The van der Waals surface area contributed by atoms with E-state index in [1.807, 2.05) is 25.5 Å². The molecule has 0 saturated heterocycles. The third-order valence-corrected chi connectivity index (χ3v) is 4.43. The lowest BCUT2D eigenvalue weighted by Crippen LogP contribution is -2.35. The second-order valence-corrected chi connectivity index (χ2v) is 6.45. The maximum Gasteiger partial charge on any atom is 0.242 e. The van der Waals surface area contributed by atoms with E-state index in [0.717, 1.165) is 12.2 Å². The molecule has 1 heterocycles. The van der Waals surface area contributed by atoms with Gasteiger partial charge in [0.1, 0.15) is 0 Å². The maximum atomic E-state index is 12.2. The lowest BCUT2D eigenvalue weighted by molar-refractivity contribution is 0.133. The topological polar surface area (TPSA) is 72.4 Å². The number of nitrogens with zero attached hydrogens (tertiary/aromatic N) is 1. The zero-order valence-electron chi connectivity index (χ0n) is 12.6. The normalized spacial score (nSPS) is 13.6. The van der Waals surface area contributed by atoms with Gasteiger partial charge in [-0.05, 0) is 26.5 Å². The zero-order chi connectivity index (χ0) is 15.2. The lowest BCUT2D eigenvalue weighted by atomic mass is 10.4. The smallest absolute Gasteiger partial charge is 0.242 e. The first kappa shape index (κ1) is 17.2. The number of aryl methyl sites for hydroxylation is 1. The molecule has 0 aliphatic carbocycles. The summed E-state index contributed by atoms with van der Waals surface area (Å²) in [6.07, 6.45) is 1.63. The Morgan fingerprint density at radius 1 is 1.40 bits per heavy atom. The molecule has 7 heteroatoms. The fraction of sp³-hybridized carbons (Fsp3) is 0.692. The molecular formula is C13H25N3O3S. The summed E-state index contributed by atoms with van der Waals surface area (Å²) in [6, 6.07) is 1.44. The van der Waals surface area contributed by atoms with E-state index in [2.05, 4.69) is 10.0 Å². The third-order valence-electron chi connectivity index (χ3n) is 2.88. The summed E-state index contributed by atoms with van der Waals surface area (Å²) in [5.74, 6) is 0. The van der Waals surface area contributed by atoms with Gasteiger partial charge in [0.2, 0.25) is 10.0 Å². The van der Waals surface area contributed by atoms with Gasteiger partial charge in [-0.1, -0.05) is 6.92 Å². The highest BCUT2D eigenvalue weighted by Crippen LogP contribution is 2.13. The molecule has 0 saturated carbocycles. The molecule has 0 aliphatic rings. The first-order chi connectivity index (χ1) is 9.40. The number of hydrogen-bond acceptors (Lipinski definition) is 4. The summed E-state index contributed by atoms with van der Waals surface area (Å²) in [6.45, 7) is 8.11. The van der Waals surface area contributed by atoms with Crippen molar-refractivity contribution in [1.82, 2.24) is 14.6 Å². The predicted octanol–water partition coefficient (Wildman–Crippen LogP) is 0.838. The monoisotopic (exact) mass is 303 g/mol. The second kappa shape index (κ2) is 7.78. The van der Waals surface area contributed by atoms with Gasteiger partial charge >= 0.3 is 0 Å². The summed E-state index contributed by atoms with van der Waals surface area (Å²) in [5.41, 5.74) is 0.935. The standard InChI is InChI=1S/C13H25N3O3S/c1-5-14-8-12-7-13(9-16(12)4)20(17,18)15-11(3)10-19-6-2/h7,9,11,14-15H,5-6,8,10H2,1-4H3. The van der Waals surface area contributed by atoms with Crippen molar-refractivity contribution in [3.05, 3.63) is 18.0 Å². The molecule has 0 spiro atoms. The quantitative estimate of drug-likeness (QED) is 0.709. The van der Waals surface area contributed by atoms with E-state index >= 15 is 0 Å². The summed E-state index contributed by atoms with van der Waals surface area (Å²) >= 11 is 0. The fourth-order valence-electron chi connectivity index (χ4n) is 1.81. The van der Waals surface area contributed by atoms with Gasteiger partial charge in [0.05, 0.1) is 11.5 Å². The van der Waals surface area contributed by atoms with Gasteiger partial charge in [-0.25, -0.2) is 13.1 Å². The first-order valence-electron chi connectivity index (χ1n) is 6.86. The molecular weight excluding hydrogens is 278 g/mol. The lowest BCUT2D eigenvalue weighted by Gasteiger charge is -2.13. The van der Waals surface area contributed by atoms with E-state index < -0.39 is 10.0 Å². The van der Waals surface area contributed by atoms with Gasteiger partial charge in [0.15, 0.2) is 0 Å². The van der Waals surface area contributed by atoms with Crippen molar-refractivity contribution >= 4 is 10.0 Å². The van der Waals surface area contributed by atoms with Gasteiger partial charge in [0, 0.05) is 38.1 Å². The molecule has 0 radical (unpaired) electrons. The Hall–Kier alpha value is -0.890. The van der Waals surface area contributed by atoms with Gasteiger partial charge < -0.3 is 14.6 Å². The number of aromatic nitrogens is 1. The van der Waals surface area contributed by atoms with E-state index in [0.29, 0.717) is 19.8 Å². The Bertz CT molecular complexity index is 511. The number of rotatable bonds is 9. The molecule has 0 amide bonds. The molecule has 2 N–H and O–H groups in total. The van der Waals surface area contributed by atoms with Crippen LogP contribution >= 0.6 is 0 Å². The van der Waals surface area contributed by atoms with Crippen LogP contribution in [-0.2, 0) is 28.4 Å². The molecule has 0 aromatic carbocycles. The summed E-state index contributed by atoms with van der Waals surface area (Å²) < 4.78 is 34.1. The van der Waals surface area contributed by atoms with Gasteiger partial charge in [-0.2, -0.15) is 0 Å². The van der Waals surface area contributed by atoms with Crippen LogP contribution < -0.4 is 10.0 Å². The third kappa shape index (κ3) is 4.90. The molecule has 116 valence electrons. The molecule has 20 heavy (non-hydrogen) atoms. The van der Waals surface area contributed by atoms with Crippen molar-refractivity contribution in [3.8, 4) is 0 Å². The molecule has 1 atom stereocenters. The maximum absolute atomic E-state index is 12.2. The van der Waals surface area contributed by atoms with Crippen LogP contribution in [0.3, 0.4) is 0 Å². The van der Waals surface area contributed by atoms with Crippen LogP contribution in [0.15, 0.2) is 17.2 Å². The van der Waals surface area contributed by atoms with Crippen molar-refractivity contribution in [2.75, 3.05) is 19.8 Å². The number of ether oxygens (including phenoxy) is 1. The molecule has 0 bridgehead atoms. The van der Waals surface area contributed by atoms with Crippen LogP contribution in [0.2, 0.25) is 0 Å². The minimum absolute atomic E-state index is 0.252. The van der Waals surface area contributed by atoms with Crippen LogP contribution in [0, 0.1) is 0 Å². The van der Waals surface area contributed by atoms with Crippen LogP contribution in [0.25, 0.3) is 0 Å². The molecule has 1 aromatic heterocycles. The second-order valence-electron chi connectivity index (χ2n) is 4.74. The molecule has 1 rings (SSSR count). The number of sulfonamides is 1. The summed E-state index contributed by atoms with van der Waals surface area (Å²) in [7, 11) is -1.65. The van der Waals surface area contributed by atoms with Crippen LogP contribution in [0.1, 0.15) is 26.5 Å². The van der Waals surface area contributed by atoms with Gasteiger partial charge in [0.25, 0.3) is 0 Å². The predicted molar refractivity (Wildman–Crippen MR) is 79.1 cm³/mol. The van der Waals surface area contributed by atoms with E-state index in [4.69, 9.17) is 4.74 Å². The van der Waals surface area contributed by atoms with Crippen molar-refractivity contribution in [3.63, 3.8) is 0 Å². The first-order valence-corrected chi connectivity index (χ1v) is 8.35. The average Bonchev–Trinajstić information content (AvgIpc) is 2.75. The van der Waals surface area contributed by atoms with E-state index in [1.54, 1.807) is 19.2 Å². The molecule has 1 aromatic rings. The van der Waals surface area contributed by atoms with Gasteiger partial charge in [-0.3, -0.25) is 0 Å². The molecule has 1 unspecified atom stereocenters. The summed E-state index contributed by atoms with van der Waals surface area (Å²) in [5, 5.41) is 3.18. The molecule has 0 fully saturated rings. The van der Waals surface area contributed by atoms with Crippen LogP contribution in [0.5, 0.6) is 0 Å². The Morgan fingerprint density at radius 3 is 2.70 bits per heavy atom. The Labute approximate surface area is 121 Å². The SMILES string of the molecule is CCNCc1cc(S(=O)(=O)NC(C)COCC)cn1C. The van der Waals surface area contributed by atoms with Crippen LogP contribution in [-0.4, -0.2) is 38.8 Å². The zero-order valence-corrected chi connectivity index (χ0v) is 13.5. The Balaban J connectivity index is 2.77. The Morgan fingerprint density at radius 2 is 2.10 bits per heavy atom. The van der Waals surface area contributed by atoms with Crippen molar-refractivity contribution in [2.45, 2.75) is 38.3 Å². The van der Waals surface area contributed by atoms with E-state index in [1.165, 1.54) is 0 Å². The highest BCUT2D eigenvalue weighted by atomic mass is 32.2. The highest BCUT2D eigenvalue weighted by Gasteiger charge is 2.19. The average molecular weight is 303 g/mol. The highest BCUT2D eigenvalue weighted by molar-refractivity contribution is 7.89. The van der Waals surface area contributed by atoms with Crippen molar-refractivity contribution in [1.29, 1.82) is 0 Å². The largest absolute Gasteiger partial charge is 0.380 e. The number of nitrogens with one attached hydrogen (secondary N) is 2. The minimum Gasteiger partial charge on any atom is -0.380 e. The van der Waals surface area contributed by atoms with E-state index in [-0.39, 0.29) is 10.9 Å². The van der Waals surface area contributed by atoms with E-state index in [9.17, 15) is 8.42 Å². The van der Waals surface area contributed by atoms with Crippen LogP contribution in [0.4, 0.5) is 0 Å². The summed E-state index contributed by atoms with van der Waals surface area (Å²) in [4.78, 5) is 0.288. The minimum atomic E-state index is -3.50. The number of hydrogen-bond donors (Lipinski definition) is 2. The molecule has 6 nitrogen and oxygen atoms in total. The molecule has 0 aliphatic heterocycles. The van der Waals surface area contributed by atoms with Crippen molar-refractivity contribution < 1.29 is 13.2 Å². The van der Waals surface area contributed by atoms with Crippen molar-refractivity contribution in [2.24, 2.45) is 7.05 Å². The Kier molecular flexibility index (Phi) is 6.67.